The van der Waals surface area contributed by atoms with Gasteiger partial charge in [0.25, 0.3) is 0 Å². The second-order valence-corrected chi connectivity index (χ2v) is 4.23. The monoisotopic (exact) mass is 221 g/mol. The third-order valence-corrected chi connectivity index (χ3v) is 3.26. The van der Waals surface area contributed by atoms with E-state index in [-0.39, 0.29) is 0 Å². The topological polar surface area (TPSA) is 29.9 Å². The minimum atomic E-state index is 0.900. The Balaban J connectivity index is 2.17. The second kappa shape index (κ2) is 4.49. The maximum Gasteiger partial charge on any atom is 0.203 e. The SMILES string of the molecule is CCNc1nccn1Cc1cscc1C. The summed E-state index contributed by atoms with van der Waals surface area (Å²) in [6.45, 7) is 6.03. The molecule has 3 nitrogen and oxygen atoms in total. The van der Waals surface area contributed by atoms with Crippen LogP contribution in [0.3, 0.4) is 0 Å². The highest BCUT2D eigenvalue weighted by Crippen LogP contribution is 2.16. The number of rotatable bonds is 4. The summed E-state index contributed by atoms with van der Waals surface area (Å²) < 4.78 is 2.14. The third kappa shape index (κ3) is 2.21. The molecule has 15 heavy (non-hydrogen) atoms. The Kier molecular flexibility index (Phi) is 3.06. The molecule has 0 aromatic carbocycles. The lowest BCUT2D eigenvalue weighted by Crippen LogP contribution is -2.07. The highest BCUT2D eigenvalue weighted by molar-refractivity contribution is 7.08. The van der Waals surface area contributed by atoms with E-state index in [1.165, 1.54) is 11.1 Å². The van der Waals surface area contributed by atoms with Gasteiger partial charge in [0.05, 0.1) is 6.54 Å². The van der Waals surface area contributed by atoms with E-state index in [9.17, 15) is 0 Å². The molecule has 4 heteroatoms. The zero-order valence-electron chi connectivity index (χ0n) is 9.03. The molecular weight excluding hydrogens is 206 g/mol. The van der Waals surface area contributed by atoms with Crippen LogP contribution in [0.5, 0.6) is 0 Å². The second-order valence-electron chi connectivity index (χ2n) is 3.49. The van der Waals surface area contributed by atoms with Crippen LogP contribution in [0.25, 0.3) is 0 Å². The number of hydrogen-bond acceptors (Lipinski definition) is 3. The minimum absolute atomic E-state index is 0.900. The molecule has 2 heterocycles. The number of aryl methyl sites for hydroxylation is 1. The van der Waals surface area contributed by atoms with Crippen molar-refractivity contribution in [3.8, 4) is 0 Å². The molecule has 2 rings (SSSR count). The van der Waals surface area contributed by atoms with Crippen LogP contribution >= 0.6 is 11.3 Å². The Bertz CT molecular complexity index is 430. The van der Waals surface area contributed by atoms with Crippen molar-refractivity contribution in [1.29, 1.82) is 0 Å². The summed E-state index contributed by atoms with van der Waals surface area (Å²) >= 11 is 1.75. The summed E-state index contributed by atoms with van der Waals surface area (Å²) in [6, 6.07) is 0. The molecule has 0 spiro atoms. The fourth-order valence-electron chi connectivity index (χ4n) is 1.49. The largest absolute Gasteiger partial charge is 0.356 e. The normalized spacial score (nSPS) is 10.5. The molecule has 0 fully saturated rings. The molecule has 0 amide bonds. The maximum absolute atomic E-state index is 4.27. The molecule has 0 bridgehead atoms. The van der Waals surface area contributed by atoms with E-state index in [0.29, 0.717) is 0 Å². The van der Waals surface area contributed by atoms with Gasteiger partial charge in [0.1, 0.15) is 0 Å². The van der Waals surface area contributed by atoms with Crippen molar-refractivity contribution in [3.63, 3.8) is 0 Å². The minimum Gasteiger partial charge on any atom is -0.356 e. The first kappa shape index (κ1) is 10.2. The fraction of sp³-hybridized carbons (Fsp3) is 0.364. The van der Waals surface area contributed by atoms with Gasteiger partial charge in [0.2, 0.25) is 5.95 Å². The van der Waals surface area contributed by atoms with Crippen molar-refractivity contribution in [1.82, 2.24) is 9.55 Å². The third-order valence-electron chi connectivity index (χ3n) is 2.35. The number of aromatic nitrogens is 2. The van der Waals surface area contributed by atoms with Crippen LogP contribution in [0.4, 0.5) is 5.95 Å². The molecule has 0 atom stereocenters. The highest BCUT2D eigenvalue weighted by Gasteiger charge is 2.04. The molecule has 0 aliphatic heterocycles. The van der Waals surface area contributed by atoms with E-state index in [2.05, 4.69) is 39.5 Å². The molecule has 0 radical (unpaired) electrons. The van der Waals surface area contributed by atoms with Crippen molar-refractivity contribution in [2.75, 3.05) is 11.9 Å². The van der Waals surface area contributed by atoms with Gasteiger partial charge in [-0.3, -0.25) is 0 Å². The van der Waals surface area contributed by atoms with Crippen LogP contribution in [0.1, 0.15) is 18.1 Å². The standard InChI is InChI=1S/C11H15N3S/c1-3-12-11-13-4-5-14(11)6-10-8-15-7-9(10)2/h4-5,7-8H,3,6H2,1-2H3,(H,12,13). The van der Waals surface area contributed by atoms with E-state index in [1.54, 1.807) is 11.3 Å². The van der Waals surface area contributed by atoms with E-state index >= 15 is 0 Å². The summed E-state index contributed by atoms with van der Waals surface area (Å²) in [7, 11) is 0. The van der Waals surface area contributed by atoms with E-state index in [0.717, 1.165) is 19.0 Å². The summed E-state index contributed by atoms with van der Waals surface area (Å²) in [6.07, 6.45) is 3.84. The van der Waals surface area contributed by atoms with Crippen LogP contribution in [0.15, 0.2) is 23.2 Å². The molecule has 2 aromatic heterocycles. The lowest BCUT2D eigenvalue weighted by atomic mass is 10.2. The average Bonchev–Trinajstić information content (AvgIpc) is 2.80. The summed E-state index contributed by atoms with van der Waals surface area (Å²) in [5.74, 6) is 0.947. The van der Waals surface area contributed by atoms with Gasteiger partial charge >= 0.3 is 0 Å². The number of anilines is 1. The highest BCUT2D eigenvalue weighted by atomic mass is 32.1. The van der Waals surface area contributed by atoms with Crippen molar-refractivity contribution >= 4 is 17.3 Å². The van der Waals surface area contributed by atoms with Crippen molar-refractivity contribution < 1.29 is 0 Å². The van der Waals surface area contributed by atoms with Gasteiger partial charge in [-0.15, -0.1) is 0 Å². The predicted molar refractivity (Wildman–Crippen MR) is 64.5 cm³/mol. The van der Waals surface area contributed by atoms with Crippen LogP contribution in [0, 0.1) is 6.92 Å². The van der Waals surface area contributed by atoms with Crippen LogP contribution in [-0.2, 0) is 6.54 Å². The van der Waals surface area contributed by atoms with E-state index in [4.69, 9.17) is 0 Å². The van der Waals surface area contributed by atoms with Crippen LogP contribution < -0.4 is 5.32 Å². The smallest absolute Gasteiger partial charge is 0.203 e. The zero-order valence-corrected chi connectivity index (χ0v) is 9.84. The lowest BCUT2D eigenvalue weighted by molar-refractivity contribution is 0.798. The van der Waals surface area contributed by atoms with Gasteiger partial charge in [-0.25, -0.2) is 4.98 Å². The zero-order chi connectivity index (χ0) is 10.7. The molecular formula is C11H15N3S. The van der Waals surface area contributed by atoms with Crippen LogP contribution in [0.2, 0.25) is 0 Å². The summed E-state index contributed by atoms with van der Waals surface area (Å²) in [5.41, 5.74) is 2.73. The Morgan fingerprint density at radius 3 is 3.00 bits per heavy atom. The fourth-order valence-corrected chi connectivity index (χ4v) is 2.34. The number of imidazole rings is 1. The maximum atomic E-state index is 4.27. The number of thiophene rings is 1. The van der Waals surface area contributed by atoms with Gasteiger partial charge in [-0.1, -0.05) is 0 Å². The van der Waals surface area contributed by atoms with Gasteiger partial charge in [-0.05, 0) is 35.7 Å². The Morgan fingerprint density at radius 2 is 2.33 bits per heavy atom. The Morgan fingerprint density at radius 1 is 1.47 bits per heavy atom. The number of nitrogens with zero attached hydrogens (tertiary/aromatic N) is 2. The molecule has 0 saturated carbocycles. The van der Waals surface area contributed by atoms with Gasteiger partial charge in [0, 0.05) is 18.9 Å². The number of hydrogen-bond donors (Lipinski definition) is 1. The summed E-state index contributed by atoms with van der Waals surface area (Å²) in [5, 5.41) is 7.62. The molecule has 0 aliphatic rings. The Labute approximate surface area is 93.8 Å². The first-order valence-corrected chi connectivity index (χ1v) is 6.02. The van der Waals surface area contributed by atoms with Gasteiger partial charge in [-0.2, -0.15) is 11.3 Å². The summed E-state index contributed by atoms with van der Waals surface area (Å²) in [4.78, 5) is 4.27. The van der Waals surface area contributed by atoms with Crippen molar-refractivity contribution in [2.24, 2.45) is 0 Å². The molecule has 80 valence electrons. The van der Waals surface area contributed by atoms with E-state index < -0.39 is 0 Å². The number of nitrogens with one attached hydrogen (secondary N) is 1. The van der Waals surface area contributed by atoms with Gasteiger partial charge < -0.3 is 9.88 Å². The molecule has 0 unspecified atom stereocenters. The quantitative estimate of drug-likeness (QED) is 0.860. The molecule has 2 aromatic rings. The molecule has 1 N–H and O–H groups in total. The average molecular weight is 221 g/mol. The van der Waals surface area contributed by atoms with E-state index in [1.807, 2.05) is 12.4 Å². The van der Waals surface area contributed by atoms with Crippen molar-refractivity contribution in [2.45, 2.75) is 20.4 Å². The van der Waals surface area contributed by atoms with Crippen LogP contribution in [-0.4, -0.2) is 16.1 Å². The van der Waals surface area contributed by atoms with Crippen molar-refractivity contribution in [3.05, 3.63) is 34.3 Å². The first-order valence-electron chi connectivity index (χ1n) is 5.08. The lowest BCUT2D eigenvalue weighted by Gasteiger charge is -2.07. The Hall–Kier alpha value is -1.29. The molecule has 0 aliphatic carbocycles. The van der Waals surface area contributed by atoms with Gasteiger partial charge in [0.15, 0.2) is 0 Å². The predicted octanol–water partition coefficient (Wildman–Crippen LogP) is 2.73. The molecule has 0 saturated heterocycles. The first-order chi connectivity index (χ1) is 7.31.